The standard InChI is InChI=1S/C8H11ClN2OS/c1-3-12-7(13)8(2)10-5-4-6(9)11-8/h4-5,10H,3H2,1-2H3. The van der Waals surface area contributed by atoms with Gasteiger partial charge in [0.05, 0.1) is 6.61 Å². The number of nitrogens with one attached hydrogen (secondary N) is 1. The summed E-state index contributed by atoms with van der Waals surface area (Å²) in [5, 5.41) is 3.81. The fraction of sp³-hybridized carbons (Fsp3) is 0.500. The quantitative estimate of drug-likeness (QED) is 0.718. The SMILES string of the molecule is CCOC(=S)C1(C)N=C(Cl)C=CN1. The van der Waals surface area contributed by atoms with Crippen LogP contribution in [0.25, 0.3) is 0 Å². The van der Waals surface area contributed by atoms with E-state index >= 15 is 0 Å². The Labute approximate surface area is 87.8 Å². The van der Waals surface area contributed by atoms with Crippen molar-refractivity contribution in [2.75, 3.05) is 6.61 Å². The fourth-order valence-corrected chi connectivity index (χ4v) is 1.39. The molecule has 1 N–H and O–H groups in total. The Morgan fingerprint density at radius 2 is 2.54 bits per heavy atom. The van der Waals surface area contributed by atoms with Crippen molar-refractivity contribution in [3.05, 3.63) is 12.3 Å². The highest BCUT2D eigenvalue weighted by atomic mass is 35.5. The molecule has 13 heavy (non-hydrogen) atoms. The maximum atomic E-state index is 5.75. The number of aliphatic imine (C=N–C) groups is 1. The molecule has 1 heterocycles. The number of allylic oxidation sites excluding steroid dienone is 1. The summed E-state index contributed by atoms with van der Waals surface area (Å²) < 4.78 is 5.20. The lowest BCUT2D eigenvalue weighted by molar-refractivity contribution is 0.296. The van der Waals surface area contributed by atoms with Gasteiger partial charge in [0.25, 0.3) is 0 Å². The van der Waals surface area contributed by atoms with Gasteiger partial charge in [-0.2, -0.15) is 0 Å². The molecule has 1 aliphatic rings. The summed E-state index contributed by atoms with van der Waals surface area (Å²) in [6.45, 7) is 4.23. The van der Waals surface area contributed by atoms with E-state index in [1.807, 2.05) is 13.8 Å². The zero-order valence-corrected chi connectivity index (χ0v) is 9.08. The molecule has 72 valence electrons. The van der Waals surface area contributed by atoms with Crippen LogP contribution in [-0.2, 0) is 4.74 Å². The number of thiocarbonyl (C=S) groups is 1. The minimum Gasteiger partial charge on any atom is -0.484 e. The minimum atomic E-state index is -0.711. The number of halogens is 1. The van der Waals surface area contributed by atoms with E-state index in [2.05, 4.69) is 10.3 Å². The zero-order chi connectivity index (χ0) is 9.90. The van der Waals surface area contributed by atoms with Gasteiger partial charge < -0.3 is 10.1 Å². The molecule has 0 aliphatic carbocycles. The third-order valence-corrected chi connectivity index (χ3v) is 2.31. The van der Waals surface area contributed by atoms with Crippen LogP contribution in [-0.4, -0.2) is 22.5 Å². The van der Waals surface area contributed by atoms with Crippen LogP contribution in [0.1, 0.15) is 13.8 Å². The van der Waals surface area contributed by atoms with Crippen LogP contribution >= 0.6 is 23.8 Å². The lowest BCUT2D eigenvalue weighted by atomic mass is 10.2. The third-order valence-electron chi connectivity index (χ3n) is 1.59. The summed E-state index contributed by atoms with van der Waals surface area (Å²) in [4.78, 5) is 4.15. The molecular formula is C8H11ClN2OS. The van der Waals surface area contributed by atoms with Crippen LogP contribution < -0.4 is 5.32 Å². The fourth-order valence-electron chi connectivity index (χ4n) is 0.932. The van der Waals surface area contributed by atoms with E-state index < -0.39 is 5.66 Å². The Bertz CT molecular complexity index is 277. The highest BCUT2D eigenvalue weighted by Gasteiger charge is 2.30. The van der Waals surface area contributed by atoms with Crippen molar-refractivity contribution < 1.29 is 4.74 Å². The van der Waals surface area contributed by atoms with Crippen molar-refractivity contribution in [1.29, 1.82) is 0 Å². The summed E-state index contributed by atoms with van der Waals surface area (Å²) in [7, 11) is 0. The van der Waals surface area contributed by atoms with Crippen molar-refractivity contribution >= 4 is 34.0 Å². The molecule has 0 spiro atoms. The minimum absolute atomic E-state index is 0.400. The van der Waals surface area contributed by atoms with Gasteiger partial charge in [0.1, 0.15) is 5.17 Å². The van der Waals surface area contributed by atoms with Gasteiger partial charge >= 0.3 is 0 Å². The first-order chi connectivity index (χ1) is 6.08. The van der Waals surface area contributed by atoms with Crippen molar-refractivity contribution in [1.82, 2.24) is 5.32 Å². The molecule has 0 saturated carbocycles. The van der Waals surface area contributed by atoms with Crippen LogP contribution in [0, 0.1) is 0 Å². The predicted octanol–water partition coefficient (Wildman–Crippen LogP) is 1.82. The highest BCUT2D eigenvalue weighted by molar-refractivity contribution is 7.80. The summed E-state index contributed by atoms with van der Waals surface area (Å²) in [6.07, 6.45) is 3.37. The molecule has 1 atom stereocenters. The number of ether oxygens (including phenoxy) is 1. The topological polar surface area (TPSA) is 33.6 Å². The van der Waals surface area contributed by atoms with Gasteiger partial charge in [-0.05, 0) is 32.1 Å². The van der Waals surface area contributed by atoms with Gasteiger partial charge in [-0.25, -0.2) is 4.99 Å². The molecule has 3 nitrogen and oxygen atoms in total. The first kappa shape index (κ1) is 10.5. The highest BCUT2D eigenvalue weighted by Crippen LogP contribution is 2.15. The number of rotatable bonds is 2. The molecule has 5 heteroatoms. The van der Waals surface area contributed by atoms with Crippen LogP contribution in [0.3, 0.4) is 0 Å². The molecule has 0 aromatic rings. The molecule has 0 fully saturated rings. The first-order valence-corrected chi connectivity index (χ1v) is 4.74. The average Bonchev–Trinajstić information content (AvgIpc) is 2.04. The molecule has 0 aromatic carbocycles. The van der Waals surface area contributed by atoms with Crippen LogP contribution in [0.15, 0.2) is 17.3 Å². The number of nitrogens with zero attached hydrogens (tertiary/aromatic N) is 1. The van der Waals surface area contributed by atoms with E-state index in [1.165, 1.54) is 0 Å². The third kappa shape index (κ3) is 2.42. The van der Waals surface area contributed by atoms with Gasteiger partial charge in [0.2, 0.25) is 5.05 Å². The largest absolute Gasteiger partial charge is 0.484 e. The molecule has 0 bridgehead atoms. The van der Waals surface area contributed by atoms with E-state index in [1.54, 1.807) is 12.3 Å². The molecule has 0 amide bonds. The van der Waals surface area contributed by atoms with E-state index in [9.17, 15) is 0 Å². The summed E-state index contributed by atoms with van der Waals surface area (Å²) in [5.41, 5.74) is -0.711. The summed E-state index contributed by atoms with van der Waals surface area (Å²) in [5.74, 6) is 0. The summed E-state index contributed by atoms with van der Waals surface area (Å²) >= 11 is 10.8. The van der Waals surface area contributed by atoms with E-state index in [0.29, 0.717) is 16.8 Å². The second-order valence-corrected chi connectivity index (χ2v) is 3.46. The molecular weight excluding hydrogens is 208 g/mol. The van der Waals surface area contributed by atoms with E-state index in [0.717, 1.165) is 0 Å². The Kier molecular flexibility index (Phi) is 3.27. The molecule has 1 aliphatic heterocycles. The Morgan fingerprint density at radius 3 is 3.08 bits per heavy atom. The van der Waals surface area contributed by atoms with E-state index in [4.69, 9.17) is 28.6 Å². The Morgan fingerprint density at radius 1 is 1.85 bits per heavy atom. The van der Waals surface area contributed by atoms with Crippen molar-refractivity contribution in [2.45, 2.75) is 19.5 Å². The second kappa shape index (κ2) is 4.07. The normalized spacial score (nSPS) is 26.2. The maximum Gasteiger partial charge on any atom is 0.208 e. The first-order valence-electron chi connectivity index (χ1n) is 3.95. The Hall–Kier alpha value is -0.610. The maximum absolute atomic E-state index is 5.75. The van der Waals surface area contributed by atoms with Gasteiger partial charge in [0, 0.05) is 6.20 Å². The average molecular weight is 219 g/mol. The summed E-state index contributed by atoms with van der Waals surface area (Å²) in [6, 6.07) is 0. The van der Waals surface area contributed by atoms with Gasteiger partial charge in [-0.1, -0.05) is 11.6 Å². The van der Waals surface area contributed by atoms with Crippen molar-refractivity contribution in [2.24, 2.45) is 4.99 Å². The van der Waals surface area contributed by atoms with E-state index in [-0.39, 0.29) is 0 Å². The zero-order valence-electron chi connectivity index (χ0n) is 7.50. The van der Waals surface area contributed by atoms with Crippen molar-refractivity contribution in [3.63, 3.8) is 0 Å². The van der Waals surface area contributed by atoms with Crippen molar-refractivity contribution in [3.8, 4) is 0 Å². The van der Waals surface area contributed by atoms with Crippen LogP contribution in [0.5, 0.6) is 0 Å². The van der Waals surface area contributed by atoms with Gasteiger partial charge in [0.15, 0.2) is 5.66 Å². The number of hydrogen-bond acceptors (Lipinski definition) is 4. The molecule has 0 radical (unpaired) electrons. The van der Waals surface area contributed by atoms with Crippen LogP contribution in [0.4, 0.5) is 0 Å². The molecule has 0 aromatic heterocycles. The molecule has 1 unspecified atom stereocenters. The lowest BCUT2D eigenvalue weighted by Crippen LogP contribution is -2.47. The Balaban J connectivity index is 2.77. The van der Waals surface area contributed by atoms with Crippen LogP contribution in [0.2, 0.25) is 0 Å². The predicted molar refractivity (Wildman–Crippen MR) is 58.2 cm³/mol. The lowest BCUT2D eigenvalue weighted by Gasteiger charge is -2.28. The number of hydrogen-bond donors (Lipinski definition) is 1. The molecule has 1 rings (SSSR count). The monoisotopic (exact) mass is 218 g/mol. The van der Waals surface area contributed by atoms with Gasteiger partial charge in [-0.3, -0.25) is 0 Å². The smallest absolute Gasteiger partial charge is 0.208 e. The molecule has 0 saturated heterocycles. The second-order valence-electron chi connectivity index (χ2n) is 2.70. The van der Waals surface area contributed by atoms with Gasteiger partial charge in [-0.15, -0.1) is 0 Å².